The first-order valence-corrected chi connectivity index (χ1v) is 15.6. The number of carbonyl (C=O) groups excluding carboxylic acids is 2. The smallest absolute Gasteiger partial charge is 0.416 e. The van der Waals surface area contributed by atoms with Gasteiger partial charge in [-0.05, 0) is 79.4 Å². The van der Waals surface area contributed by atoms with Crippen molar-refractivity contribution in [1.29, 1.82) is 0 Å². The second kappa shape index (κ2) is 12.4. The van der Waals surface area contributed by atoms with E-state index >= 15 is 0 Å². The first-order valence-electron chi connectivity index (χ1n) is 15.2. The van der Waals surface area contributed by atoms with Crippen molar-refractivity contribution >= 4 is 45.9 Å². The second-order valence-corrected chi connectivity index (χ2v) is 12.3. The molecule has 1 aliphatic carbocycles. The first kappa shape index (κ1) is 32.4. The molecule has 1 atom stereocenters. The summed E-state index contributed by atoms with van der Waals surface area (Å²) in [5.41, 5.74) is -0.795. The predicted molar refractivity (Wildman–Crippen MR) is 171 cm³/mol. The Morgan fingerprint density at radius 2 is 1.80 bits per heavy atom. The molecule has 1 fully saturated rings. The highest BCUT2D eigenvalue weighted by atomic mass is 35.5. The van der Waals surface area contributed by atoms with E-state index in [1.807, 2.05) is 0 Å². The van der Waals surface area contributed by atoms with Gasteiger partial charge in [0.15, 0.2) is 0 Å². The fourth-order valence-corrected chi connectivity index (χ4v) is 6.40. The van der Waals surface area contributed by atoms with E-state index in [0.717, 1.165) is 25.3 Å². The molecule has 2 aliphatic rings. The summed E-state index contributed by atoms with van der Waals surface area (Å²) >= 11 is 6.63. The molecule has 0 spiro atoms. The van der Waals surface area contributed by atoms with Gasteiger partial charge in [-0.3, -0.25) is 9.59 Å². The second-order valence-electron chi connectivity index (χ2n) is 11.9. The summed E-state index contributed by atoms with van der Waals surface area (Å²) in [6, 6.07) is 12.5. The van der Waals surface area contributed by atoms with E-state index in [-0.39, 0.29) is 57.5 Å². The lowest BCUT2D eigenvalue weighted by atomic mass is 9.92. The molecule has 2 heterocycles. The van der Waals surface area contributed by atoms with Crippen molar-refractivity contribution in [3.8, 4) is 5.75 Å². The first-order chi connectivity index (χ1) is 23.4. The standard InChI is InChI=1S/C35H26ClF5N4O4/c1-48-23-8-5-17(6-9-23)16-45-31(24-14-20(37)7-10-26(24)36)28-27(43-32(46)18-11-19(35(39,40)41)13-21(38)12-18)15-25-30(29(28)34(45)47)44-49-33(25)42-22-3-2-4-22/h5-15,22,31,42H,2-4,16H2,1H3,(H,43,46). The summed E-state index contributed by atoms with van der Waals surface area (Å²) in [6.07, 6.45) is -2.18. The fraction of sp³-hybridized carbons (Fsp3) is 0.229. The third kappa shape index (κ3) is 6.03. The van der Waals surface area contributed by atoms with Crippen LogP contribution in [0.25, 0.3) is 10.9 Å². The number of nitrogens with one attached hydrogen (secondary N) is 2. The van der Waals surface area contributed by atoms with Crippen LogP contribution < -0.4 is 15.4 Å². The summed E-state index contributed by atoms with van der Waals surface area (Å²) < 4.78 is 80.7. The molecule has 1 unspecified atom stereocenters. The van der Waals surface area contributed by atoms with Crippen LogP contribution in [0.3, 0.4) is 0 Å². The van der Waals surface area contributed by atoms with Crippen molar-refractivity contribution < 1.29 is 40.8 Å². The van der Waals surface area contributed by atoms with E-state index in [4.69, 9.17) is 20.9 Å². The number of ether oxygens (including phenoxy) is 1. The van der Waals surface area contributed by atoms with Crippen molar-refractivity contribution in [2.45, 2.75) is 44.1 Å². The molecule has 0 saturated heterocycles. The Morgan fingerprint density at radius 3 is 2.47 bits per heavy atom. The van der Waals surface area contributed by atoms with Gasteiger partial charge in [-0.15, -0.1) is 0 Å². The van der Waals surface area contributed by atoms with Gasteiger partial charge in [0.05, 0.1) is 29.7 Å². The SMILES string of the molecule is COc1ccc(CN2C(=O)c3c(c(NC(=O)c4cc(F)cc(C(F)(F)F)c4)cc4c(NC5CCC5)onc34)C2c2cc(F)ccc2Cl)cc1. The third-order valence-electron chi connectivity index (χ3n) is 8.81. The molecule has 1 aliphatic heterocycles. The molecule has 4 aromatic carbocycles. The average molecular weight is 697 g/mol. The van der Waals surface area contributed by atoms with Crippen LogP contribution in [0.4, 0.5) is 33.5 Å². The van der Waals surface area contributed by atoms with Gasteiger partial charge in [0, 0.05) is 40.0 Å². The van der Waals surface area contributed by atoms with E-state index in [1.165, 1.54) is 30.2 Å². The number of halogens is 6. The molecule has 0 bridgehead atoms. The average Bonchev–Trinajstić information content (AvgIpc) is 3.57. The molecule has 252 valence electrons. The summed E-state index contributed by atoms with van der Waals surface area (Å²) in [5, 5.41) is 10.5. The molecule has 5 aromatic rings. The number of amides is 2. The van der Waals surface area contributed by atoms with Crippen molar-refractivity contribution in [2.75, 3.05) is 17.7 Å². The molecular formula is C35H26ClF5N4O4. The van der Waals surface area contributed by atoms with Crippen molar-refractivity contribution in [3.05, 3.63) is 117 Å². The Morgan fingerprint density at radius 1 is 1.04 bits per heavy atom. The lowest BCUT2D eigenvalue weighted by Gasteiger charge is -2.28. The third-order valence-corrected chi connectivity index (χ3v) is 9.16. The maximum atomic E-state index is 14.8. The van der Waals surface area contributed by atoms with Crippen molar-refractivity contribution in [3.63, 3.8) is 0 Å². The van der Waals surface area contributed by atoms with Crippen molar-refractivity contribution in [2.24, 2.45) is 0 Å². The number of hydrogen-bond acceptors (Lipinski definition) is 6. The molecule has 14 heteroatoms. The largest absolute Gasteiger partial charge is 0.497 e. The number of nitrogens with zero attached hydrogens (tertiary/aromatic N) is 2. The minimum atomic E-state index is -4.92. The number of fused-ring (bicyclic) bond motifs is 3. The summed E-state index contributed by atoms with van der Waals surface area (Å²) in [6.45, 7) is -0.00618. The Kier molecular flexibility index (Phi) is 8.18. The molecule has 7 rings (SSSR count). The Labute approximate surface area is 280 Å². The predicted octanol–water partition coefficient (Wildman–Crippen LogP) is 8.75. The number of hydrogen-bond donors (Lipinski definition) is 2. The lowest BCUT2D eigenvalue weighted by Crippen LogP contribution is -2.29. The monoisotopic (exact) mass is 696 g/mol. The number of benzene rings is 4. The van der Waals surface area contributed by atoms with Gasteiger partial charge < -0.3 is 24.8 Å². The highest BCUT2D eigenvalue weighted by Crippen LogP contribution is 2.49. The van der Waals surface area contributed by atoms with E-state index in [1.54, 1.807) is 24.3 Å². The van der Waals surface area contributed by atoms with E-state index < -0.39 is 46.8 Å². The van der Waals surface area contributed by atoms with Crippen molar-refractivity contribution in [1.82, 2.24) is 10.1 Å². The zero-order chi connectivity index (χ0) is 34.6. The Hall–Kier alpha value is -5.17. The number of methoxy groups -OCH3 is 1. The molecule has 2 N–H and O–H groups in total. The normalized spacial score (nSPS) is 16.1. The summed E-state index contributed by atoms with van der Waals surface area (Å²) in [7, 11) is 1.51. The molecule has 1 saturated carbocycles. The number of aromatic nitrogens is 1. The van der Waals surface area contributed by atoms with Crippen LogP contribution in [0.5, 0.6) is 5.75 Å². The highest BCUT2D eigenvalue weighted by Gasteiger charge is 2.44. The fourth-order valence-electron chi connectivity index (χ4n) is 6.18. The number of alkyl halides is 3. The Bertz CT molecular complexity index is 2110. The van der Waals surface area contributed by atoms with Crippen LogP contribution in [-0.4, -0.2) is 35.0 Å². The molecule has 8 nitrogen and oxygen atoms in total. The van der Waals surface area contributed by atoms with Gasteiger partial charge in [0.25, 0.3) is 11.8 Å². The molecule has 1 aromatic heterocycles. The Balaban J connectivity index is 1.42. The van der Waals surface area contributed by atoms with Gasteiger partial charge in [-0.1, -0.05) is 28.9 Å². The molecule has 0 radical (unpaired) electrons. The molecule has 2 amide bonds. The highest BCUT2D eigenvalue weighted by molar-refractivity contribution is 6.31. The zero-order valence-corrected chi connectivity index (χ0v) is 26.4. The van der Waals surface area contributed by atoms with Gasteiger partial charge in [-0.2, -0.15) is 13.2 Å². The van der Waals surface area contributed by atoms with Gasteiger partial charge in [-0.25, -0.2) is 8.78 Å². The van der Waals surface area contributed by atoms with Crippen LogP contribution >= 0.6 is 11.6 Å². The van der Waals surface area contributed by atoms with E-state index in [0.29, 0.717) is 28.8 Å². The van der Waals surface area contributed by atoms with Gasteiger partial charge in [0.1, 0.15) is 22.9 Å². The van der Waals surface area contributed by atoms with Crippen LogP contribution in [0.2, 0.25) is 5.02 Å². The lowest BCUT2D eigenvalue weighted by molar-refractivity contribution is -0.137. The minimum absolute atomic E-state index is 0.00618. The number of anilines is 2. The van der Waals surface area contributed by atoms with Crippen LogP contribution in [0, 0.1) is 11.6 Å². The van der Waals surface area contributed by atoms with E-state index in [9.17, 15) is 31.5 Å². The summed E-state index contributed by atoms with van der Waals surface area (Å²) in [5.74, 6) is -2.74. The number of carbonyl (C=O) groups is 2. The summed E-state index contributed by atoms with van der Waals surface area (Å²) in [4.78, 5) is 29.6. The van der Waals surface area contributed by atoms with Crippen LogP contribution in [-0.2, 0) is 12.7 Å². The number of rotatable bonds is 8. The topological polar surface area (TPSA) is 96.7 Å². The molecule has 49 heavy (non-hydrogen) atoms. The van der Waals surface area contributed by atoms with Gasteiger partial charge in [0.2, 0.25) is 5.88 Å². The van der Waals surface area contributed by atoms with E-state index in [2.05, 4.69) is 15.8 Å². The maximum Gasteiger partial charge on any atom is 0.416 e. The maximum absolute atomic E-state index is 14.8. The molecular weight excluding hydrogens is 671 g/mol. The zero-order valence-electron chi connectivity index (χ0n) is 25.6. The van der Waals surface area contributed by atoms with Crippen LogP contribution in [0.1, 0.15) is 68.3 Å². The van der Waals surface area contributed by atoms with Crippen LogP contribution in [0.15, 0.2) is 71.3 Å². The van der Waals surface area contributed by atoms with Gasteiger partial charge >= 0.3 is 6.18 Å². The minimum Gasteiger partial charge on any atom is -0.497 e. The quantitative estimate of drug-likeness (QED) is 0.158.